The molecule has 8 unspecified atom stereocenters. The van der Waals surface area contributed by atoms with E-state index in [0.717, 1.165) is 47.3 Å². The predicted octanol–water partition coefficient (Wildman–Crippen LogP) is 0.125. The van der Waals surface area contributed by atoms with E-state index in [1.165, 1.54) is 103 Å². The highest BCUT2D eigenvalue weighted by Gasteiger charge is 2.54. The standard InChI is InChI=1S/C32H56N8.C2H6O2.H4Si/c1-2-10-18-17(9-1)25-33-26(18)38-28-21-13-5-6-14-22(21)30(35-28)40-32-24-16-8-7-15-23(24)31(36-32)39-29-20-12-4-3-11-19(20)27(34-29)37-25;3-1-2-4;/h17-40H,1-16H2;3-4H,1-2H2;1H4. The molecule has 9 aliphatic rings. The summed E-state index contributed by atoms with van der Waals surface area (Å²) in [7, 11) is 0. The average Bonchev–Trinajstić information content (AvgIpc) is 3.81. The third-order valence-corrected chi connectivity index (χ3v) is 13.9. The highest BCUT2D eigenvalue weighted by atomic mass is 28.1. The lowest BCUT2D eigenvalue weighted by atomic mass is 9.76. The van der Waals surface area contributed by atoms with Crippen LogP contribution in [0.3, 0.4) is 0 Å². The van der Waals surface area contributed by atoms with Crippen LogP contribution in [0.15, 0.2) is 0 Å². The average molecular weight is 647 g/mol. The van der Waals surface area contributed by atoms with E-state index in [0.29, 0.717) is 49.3 Å². The summed E-state index contributed by atoms with van der Waals surface area (Å²) in [4.78, 5) is 0. The van der Waals surface area contributed by atoms with Crippen LogP contribution >= 0.6 is 0 Å². The van der Waals surface area contributed by atoms with Crippen molar-refractivity contribution < 1.29 is 10.2 Å². The Morgan fingerprint density at radius 3 is 0.533 bits per heavy atom. The van der Waals surface area contributed by atoms with E-state index in [1.54, 1.807) is 0 Å². The van der Waals surface area contributed by atoms with Crippen LogP contribution in [-0.2, 0) is 0 Å². The lowest BCUT2D eigenvalue weighted by Gasteiger charge is -2.35. The number of hydrogen-bond acceptors (Lipinski definition) is 10. The number of fused-ring (bicyclic) bond motifs is 20. The molecule has 8 bridgehead atoms. The molecule has 8 atom stereocenters. The molecule has 258 valence electrons. The van der Waals surface area contributed by atoms with Crippen LogP contribution < -0.4 is 42.5 Å². The zero-order valence-corrected chi connectivity index (χ0v) is 26.9. The van der Waals surface area contributed by atoms with Gasteiger partial charge in [0, 0.05) is 0 Å². The molecule has 5 saturated heterocycles. The van der Waals surface area contributed by atoms with Crippen LogP contribution in [0.25, 0.3) is 0 Å². The first-order valence-corrected chi connectivity index (χ1v) is 19.0. The first kappa shape index (κ1) is 33.3. The Labute approximate surface area is 275 Å². The Morgan fingerprint density at radius 1 is 0.289 bits per heavy atom. The second-order valence-corrected chi connectivity index (χ2v) is 16.1. The Morgan fingerprint density at radius 2 is 0.422 bits per heavy atom. The van der Waals surface area contributed by atoms with Crippen LogP contribution in [0.4, 0.5) is 0 Å². The third kappa shape index (κ3) is 6.47. The maximum absolute atomic E-state index is 7.62. The van der Waals surface area contributed by atoms with Crippen molar-refractivity contribution in [3.8, 4) is 0 Å². The molecule has 0 amide bonds. The van der Waals surface area contributed by atoms with Crippen LogP contribution in [-0.4, -0.2) is 83.7 Å². The van der Waals surface area contributed by atoms with Crippen molar-refractivity contribution in [2.45, 2.75) is 152 Å². The summed E-state index contributed by atoms with van der Waals surface area (Å²) < 4.78 is 0. The van der Waals surface area contributed by atoms with Gasteiger partial charge >= 0.3 is 0 Å². The van der Waals surface area contributed by atoms with Gasteiger partial charge in [-0.3, -0.25) is 42.5 Å². The molecule has 4 saturated carbocycles. The molecule has 0 radical (unpaired) electrons. The maximum Gasteiger partial charge on any atom is 0.0662 e. The van der Waals surface area contributed by atoms with Crippen molar-refractivity contribution in [2.24, 2.45) is 47.3 Å². The molecule has 0 aromatic rings. The molecule has 45 heavy (non-hydrogen) atoms. The molecule has 11 heteroatoms. The zero-order chi connectivity index (χ0) is 29.6. The van der Waals surface area contributed by atoms with Crippen LogP contribution in [0.1, 0.15) is 103 Å². The Kier molecular flexibility index (Phi) is 10.9. The van der Waals surface area contributed by atoms with Gasteiger partial charge in [-0.15, -0.1) is 0 Å². The summed E-state index contributed by atoms with van der Waals surface area (Å²) in [5, 5.41) is 49.0. The van der Waals surface area contributed by atoms with Gasteiger partial charge in [0.1, 0.15) is 0 Å². The number of aliphatic hydroxyl groups excluding tert-OH is 2. The number of rotatable bonds is 1. The Balaban J connectivity index is 0.000000617. The fourth-order valence-electron chi connectivity index (χ4n) is 12.0. The second kappa shape index (κ2) is 14.7. The van der Waals surface area contributed by atoms with Gasteiger partial charge in [-0.2, -0.15) is 0 Å². The molecular weight excluding hydrogens is 581 g/mol. The van der Waals surface area contributed by atoms with Gasteiger partial charge in [0.2, 0.25) is 0 Å². The van der Waals surface area contributed by atoms with Crippen molar-refractivity contribution in [3.05, 3.63) is 0 Å². The van der Waals surface area contributed by atoms with E-state index >= 15 is 0 Å². The summed E-state index contributed by atoms with van der Waals surface area (Å²) in [6, 6.07) is 0. The first-order chi connectivity index (χ1) is 21.7. The zero-order valence-electron chi connectivity index (χ0n) is 26.9. The SMILES string of the molecule is C1CCC2C3NC(NC4NC(NC5NC(NC6NC(N3)C3CCCCC63)C3CCCCC53)C3CCCCC43)C2C1.OCCO.[SiH4]. The minimum Gasteiger partial charge on any atom is -0.394 e. The van der Waals surface area contributed by atoms with E-state index in [9.17, 15) is 0 Å². The minimum atomic E-state index is -0.125. The predicted molar refractivity (Wildman–Crippen MR) is 183 cm³/mol. The number of aliphatic hydroxyl groups is 2. The highest BCUT2D eigenvalue weighted by Crippen LogP contribution is 2.45. The van der Waals surface area contributed by atoms with Gasteiger partial charge < -0.3 is 10.2 Å². The number of nitrogens with one attached hydrogen (secondary N) is 8. The summed E-state index contributed by atoms with van der Waals surface area (Å²) in [6.45, 7) is -0.250. The van der Waals surface area contributed by atoms with Gasteiger partial charge in [-0.1, -0.05) is 51.4 Å². The Bertz CT molecular complexity index is 757. The van der Waals surface area contributed by atoms with Gasteiger partial charge in [0.05, 0.1) is 62.5 Å². The van der Waals surface area contributed by atoms with Crippen molar-refractivity contribution >= 4 is 11.0 Å². The molecule has 10 nitrogen and oxygen atoms in total. The quantitative estimate of drug-likeness (QED) is 0.179. The molecule has 0 spiro atoms. The van der Waals surface area contributed by atoms with Gasteiger partial charge in [0.15, 0.2) is 0 Å². The summed E-state index contributed by atoms with van der Waals surface area (Å²) in [6.07, 6.45) is 25.6. The lowest BCUT2D eigenvalue weighted by Crippen LogP contribution is -2.61. The highest BCUT2D eigenvalue weighted by molar-refractivity contribution is 5.75. The molecule has 9 rings (SSSR count). The lowest BCUT2D eigenvalue weighted by molar-refractivity contribution is 0.167. The topological polar surface area (TPSA) is 137 Å². The smallest absolute Gasteiger partial charge is 0.0662 e. The van der Waals surface area contributed by atoms with E-state index in [-0.39, 0.29) is 24.2 Å². The molecule has 5 aliphatic heterocycles. The van der Waals surface area contributed by atoms with Crippen LogP contribution in [0.2, 0.25) is 0 Å². The third-order valence-electron chi connectivity index (χ3n) is 13.9. The van der Waals surface area contributed by atoms with Crippen molar-refractivity contribution in [1.29, 1.82) is 0 Å². The maximum atomic E-state index is 7.62. The van der Waals surface area contributed by atoms with Crippen molar-refractivity contribution in [1.82, 2.24) is 42.5 Å². The minimum absolute atomic E-state index is 0. The van der Waals surface area contributed by atoms with Gasteiger partial charge in [0.25, 0.3) is 0 Å². The molecule has 0 aromatic carbocycles. The fraction of sp³-hybridized carbons (Fsp3) is 1.00. The van der Waals surface area contributed by atoms with E-state index in [2.05, 4.69) is 42.5 Å². The van der Waals surface area contributed by atoms with Crippen molar-refractivity contribution in [2.75, 3.05) is 13.2 Å². The van der Waals surface area contributed by atoms with Crippen LogP contribution in [0, 0.1) is 47.3 Å². The molecule has 9 fully saturated rings. The largest absolute Gasteiger partial charge is 0.394 e. The summed E-state index contributed by atoms with van der Waals surface area (Å²) in [5.41, 5.74) is 0. The van der Waals surface area contributed by atoms with E-state index < -0.39 is 0 Å². The number of hydrogen-bond donors (Lipinski definition) is 10. The molecule has 0 aromatic heterocycles. The van der Waals surface area contributed by atoms with E-state index in [4.69, 9.17) is 10.2 Å². The monoisotopic (exact) mass is 647 g/mol. The molecule has 10 N–H and O–H groups in total. The molecule has 4 aliphatic carbocycles. The van der Waals surface area contributed by atoms with Crippen molar-refractivity contribution in [3.63, 3.8) is 0 Å². The normalized spacial score (nSPS) is 51.9. The molecular formula is C34H66N8O2Si. The van der Waals surface area contributed by atoms with Gasteiger partial charge in [-0.25, -0.2) is 0 Å². The fourth-order valence-corrected chi connectivity index (χ4v) is 12.0. The second-order valence-electron chi connectivity index (χ2n) is 16.1. The summed E-state index contributed by atoms with van der Waals surface area (Å²) >= 11 is 0. The first-order valence-electron chi connectivity index (χ1n) is 19.0. The van der Waals surface area contributed by atoms with Crippen LogP contribution in [0.5, 0.6) is 0 Å². The Hall–Kier alpha value is -0.183. The van der Waals surface area contributed by atoms with E-state index in [1.807, 2.05) is 0 Å². The summed E-state index contributed by atoms with van der Waals surface area (Å²) in [5.74, 6) is 5.97. The van der Waals surface area contributed by atoms with Gasteiger partial charge in [-0.05, 0) is 110 Å². The molecule has 5 heterocycles.